The maximum atomic E-state index is 13.0. The van der Waals surface area contributed by atoms with Crippen LogP contribution in [0.3, 0.4) is 0 Å². The topological polar surface area (TPSA) is 88.4 Å². The van der Waals surface area contributed by atoms with Crippen LogP contribution < -0.4 is 16.3 Å². The number of hydrogen-bond donors (Lipinski definition) is 2. The number of para-hydroxylation sites is 1. The van der Waals surface area contributed by atoms with Crippen LogP contribution in [0.5, 0.6) is 0 Å². The van der Waals surface area contributed by atoms with Crippen LogP contribution >= 0.6 is 0 Å². The number of hydrogen-bond acceptors (Lipinski definition) is 5. The van der Waals surface area contributed by atoms with E-state index in [0.29, 0.717) is 11.8 Å². The Labute approximate surface area is 168 Å². The fourth-order valence-corrected chi connectivity index (χ4v) is 5.41. The molecule has 29 heavy (non-hydrogen) atoms. The van der Waals surface area contributed by atoms with Crippen molar-refractivity contribution in [1.82, 2.24) is 24.7 Å². The first kappa shape index (κ1) is 18.6. The lowest BCUT2D eigenvalue weighted by atomic mass is 9.72. The first-order chi connectivity index (χ1) is 14.0. The zero-order valence-electron chi connectivity index (χ0n) is 16.7. The Bertz CT molecular complexity index is 1040. The highest BCUT2D eigenvalue weighted by atomic mass is 16.2. The standard InChI is InChI=1S/C21H27N5O3/c1-24-18-14(11-25-12-21(13-25)7-9-22-10-8-21)3-2-4-15(18)26(20(24)29)16-5-6-17(27)23-19(16)28/h2-4,16,22H,5-13H2,1H3,(H,23,27,28). The van der Waals surface area contributed by atoms with Crippen molar-refractivity contribution in [2.45, 2.75) is 38.3 Å². The molecular formula is C21H27N5O3. The van der Waals surface area contributed by atoms with Crippen LogP contribution in [0.25, 0.3) is 11.0 Å². The average Bonchev–Trinajstić information content (AvgIpc) is 2.93. The second-order valence-electron chi connectivity index (χ2n) is 8.86. The molecule has 0 aliphatic carbocycles. The van der Waals surface area contributed by atoms with Gasteiger partial charge in [-0.05, 0) is 49.4 Å². The van der Waals surface area contributed by atoms with E-state index in [1.165, 1.54) is 12.8 Å². The molecule has 1 aromatic heterocycles. The number of fused-ring (bicyclic) bond motifs is 1. The summed E-state index contributed by atoms with van der Waals surface area (Å²) in [7, 11) is 1.76. The SMILES string of the molecule is Cn1c(=O)n(C2CCC(=O)NC2=O)c2cccc(CN3CC4(CCNCC4)C3)c21. The number of aryl methyl sites for hydroxylation is 1. The molecule has 5 rings (SSSR count). The summed E-state index contributed by atoms with van der Waals surface area (Å²) in [5, 5.41) is 5.80. The van der Waals surface area contributed by atoms with Crippen molar-refractivity contribution in [2.75, 3.05) is 26.2 Å². The summed E-state index contributed by atoms with van der Waals surface area (Å²) in [6.07, 6.45) is 3.08. The van der Waals surface area contributed by atoms with Crippen molar-refractivity contribution in [3.05, 3.63) is 34.2 Å². The third-order valence-electron chi connectivity index (χ3n) is 6.88. The van der Waals surface area contributed by atoms with E-state index in [-0.39, 0.29) is 18.0 Å². The summed E-state index contributed by atoms with van der Waals surface area (Å²) in [5.74, 6) is -0.665. The third-order valence-corrected chi connectivity index (χ3v) is 6.88. The Morgan fingerprint density at radius 1 is 1.14 bits per heavy atom. The number of nitrogens with zero attached hydrogens (tertiary/aromatic N) is 3. The van der Waals surface area contributed by atoms with E-state index in [2.05, 4.69) is 21.6 Å². The minimum absolute atomic E-state index is 0.208. The van der Waals surface area contributed by atoms with Gasteiger partial charge in [0.2, 0.25) is 11.8 Å². The maximum Gasteiger partial charge on any atom is 0.329 e. The molecule has 0 saturated carbocycles. The summed E-state index contributed by atoms with van der Waals surface area (Å²) in [6.45, 7) is 5.22. The predicted octanol–water partition coefficient (Wildman–Crippen LogP) is 0.503. The molecule has 3 aliphatic rings. The molecule has 1 aromatic carbocycles. The number of aromatic nitrogens is 2. The number of imide groups is 1. The highest BCUT2D eigenvalue weighted by Gasteiger charge is 2.43. The molecular weight excluding hydrogens is 370 g/mol. The molecule has 1 spiro atoms. The molecule has 3 aliphatic heterocycles. The highest BCUT2D eigenvalue weighted by Crippen LogP contribution is 2.39. The van der Waals surface area contributed by atoms with Crippen molar-refractivity contribution in [1.29, 1.82) is 0 Å². The van der Waals surface area contributed by atoms with Gasteiger partial charge in [-0.25, -0.2) is 4.79 Å². The molecule has 4 heterocycles. The van der Waals surface area contributed by atoms with Gasteiger partial charge >= 0.3 is 5.69 Å². The van der Waals surface area contributed by atoms with Gasteiger partial charge in [-0.1, -0.05) is 12.1 Å². The van der Waals surface area contributed by atoms with Gasteiger partial charge < -0.3 is 5.32 Å². The van der Waals surface area contributed by atoms with Crippen LogP contribution in [0, 0.1) is 5.41 Å². The Kier molecular flexibility index (Phi) is 4.36. The highest BCUT2D eigenvalue weighted by molar-refractivity contribution is 6.00. The van der Waals surface area contributed by atoms with Crippen molar-refractivity contribution < 1.29 is 9.59 Å². The van der Waals surface area contributed by atoms with Gasteiger partial charge in [0.15, 0.2) is 0 Å². The Hall–Kier alpha value is -2.45. The second-order valence-corrected chi connectivity index (χ2v) is 8.86. The predicted molar refractivity (Wildman–Crippen MR) is 108 cm³/mol. The lowest BCUT2D eigenvalue weighted by molar-refractivity contribution is -0.135. The van der Waals surface area contributed by atoms with Gasteiger partial charge in [-0.2, -0.15) is 0 Å². The number of carbonyl (C=O) groups is 2. The fourth-order valence-electron chi connectivity index (χ4n) is 5.41. The van der Waals surface area contributed by atoms with Gasteiger partial charge in [-0.3, -0.25) is 28.9 Å². The summed E-state index contributed by atoms with van der Waals surface area (Å²) >= 11 is 0. The van der Waals surface area contributed by atoms with Gasteiger partial charge in [0.1, 0.15) is 6.04 Å². The van der Waals surface area contributed by atoms with Crippen molar-refractivity contribution >= 4 is 22.8 Å². The summed E-state index contributed by atoms with van der Waals surface area (Å²) in [6, 6.07) is 5.29. The molecule has 8 nitrogen and oxygen atoms in total. The largest absolute Gasteiger partial charge is 0.329 e. The van der Waals surface area contributed by atoms with E-state index < -0.39 is 11.9 Å². The van der Waals surface area contributed by atoms with Gasteiger partial charge in [0, 0.05) is 33.1 Å². The van der Waals surface area contributed by atoms with E-state index in [0.717, 1.165) is 49.3 Å². The van der Waals surface area contributed by atoms with Gasteiger partial charge in [0.25, 0.3) is 0 Å². The first-order valence-corrected chi connectivity index (χ1v) is 10.4. The minimum atomic E-state index is -0.638. The maximum absolute atomic E-state index is 13.0. The van der Waals surface area contributed by atoms with Crippen molar-refractivity contribution in [3.8, 4) is 0 Å². The van der Waals surface area contributed by atoms with Crippen LogP contribution in [-0.4, -0.2) is 52.0 Å². The van der Waals surface area contributed by atoms with Gasteiger partial charge in [0.05, 0.1) is 11.0 Å². The van der Waals surface area contributed by atoms with Gasteiger partial charge in [-0.15, -0.1) is 0 Å². The van der Waals surface area contributed by atoms with E-state index >= 15 is 0 Å². The lowest BCUT2D eigenvalue weighted by Crippen LogP contribution is -2.59. The van der Waals surface area contributed by atoms with Crippen LogP contribution in [0.15, 0.2) is 23.0 Å². The molecule has 0 radical (unpaired) electrons. The van der Waals surface area contributed by atoms with E-state index in [1.807, 2.05) is 12.1 Å². The minimum Gasteiger partial charge on any atom is -0.317 e. The average molecular weight is 397 g/mol. The smallest absolute Gasteiger partial charge is 0.317 e. The molecule has 3 saturated heterocycles. The number of rotatable bonds is 3. The first-order valence-electron chi connectivity index (χ1n) is 10.4. The Balaban J connectivity index is 1.45. The molecule has 1 atom stereocenters. The summed E-state index contributed by atoms with van der Waals surface area (Å²) in [5.41, 5.74) is 3.01. The third kappa shape index (κ3) is 3.02. The molecule has 2 amide bonds. The van der Waals surface area contributed by atoms with Crippen LogP contribution in [-0.2, 0) is 23.2 Å². The number of likely N-dealkylation sites (tertiary alicyclic amines) is 1. The molecule has 1 unspecified atom stereocenters. The van der Waals surface area contributed by atoms with Crippen LogP contribution in [0.2, 0.25) is 0 Å². The normalized spacial score (nSPS) is 24.7. The molecule has 154 valence electrons. The van der Waals surface area contributed by atoms with E-state index in [9.17, 15) is 14.4 Å². The van der Waals surface area contributed by atoms with E-state index in [4.69, 9.17) is 0 Å². The lowest BCUT2D eigenvalue weighted by Gasteiger charge is -2.52. The molecule has 3 fully saturated rings. The second kappa shape index (κ2) is 6.81. The number of imidazole rings is 1. The molecule has 0 bridgehead atoms. The van der Waals surface area contributed by atoms with Crippen molar-refractivity contribution in [3.63, 3.8) is 0 Å². The molecule has 2 N–H and O–H groups in total. The molecule has 2 aromatic rings. The monoisotopic (exact) mass is 397 g/mol. The Morgan fingerprint density at radius 3 is 2.62 bits per heavy atom. The number of carbonyl (C=O) groups excluding carboxylic acids is 2. The van der Waals surface area contributed by atoms with E-state index in [1.54, 1.807) is 16.2 Å². The van der Waals surface area contributed by atoms with Crippen LogP contribution in [0.4, 0.5) is 0 Å². The number of benzene rings is 1. The Morgan fingerprint density at radius 2 is 1.90 bits per heavy atom. The molecule has 8 heteroatoms. The number of nitrogens with one attached hydrogen (secondary N) is 2. The van der Waals surface area contributed by atoms with Crippen molar-refractivity contribution in [2.24, 2.45) is 12.5 Å². The number of piperidine rings is 2. The van der Waals surface area contributed by atoms with Crippen LogP contribution in [0.1, 0.15) is 37.3 Å². The zero-order valence-corrected chi connectivity index (χ0v) is 16.7. The number of amides is 2. The summed E-state index contributed by atoms with van der Waals surface area (Å²) < 4.78 is 3.21. The zero-order chi connectivity index (χ0) is 20.2. The fraction of sp³-hybridized carbons (Fsp3) is 0.571. The summed E-state index contributed by atoms with van der Waals surface area (Å²) in [4.78, 5) is 39.4. The quantitative estimate of drug-likeness (QED) is 0.737.